The van der Waals surface area contributed by atoms with Crippen molar-refractivity contribution in [2.75, 3.05) is 50.2 Å². The molecule has 212 valence electrons. The molecule has 2 atom stereocenters. The number of nitrogens with one attached hydrogen (secondary N) is 2. The Labute approximate surface area is 224 Å². The Bertz CT molecular complexity index is 1230. The molecule has 1 aromatic heterocycles. The SMILES string of the molecule is Cc1nsc(NC2=NCC(C(F)(F)F)N=C2)c1C(=O)Nc1ccc(F)c(OCC2CCN(C(CF)CF)C2)c1. The van der Waals surface area contributed by atoms with Gasteiger partial charge >= 0.3 is 6.18 Å². The number of aromatic nitrogens is 1. The van der Waals surface area contributed by atoms with Gasteiger partial charge in [0.15, 0.2) is 17.6 Å². The Balaban J connectivity index is 1.38. The molecular weight excluding hydrogens is 550 g/mol. The molecule has 2 aromatic rings. The van der Waals surface area contributed by atoms with E-state index in [2.05, 4.69) is 25.0 Å². The second kappa shape index (κ2) is 12.3. The summed E-state index contributed by atoms with van der Waals surface area (Å²) in [6.45, 7) is 0.545. The number of amides is 1. The number of anilines is 2. The van der Waals surface area contributed by atoms with Gasteiger partial charge in [0.1, 0.15) is 24.2 Å². The molecule has 2 N–H and O–H groups in total. The van der Waals surface area contributed by atoms with E-state index in [9.17, 15) is 31.1 Å². The lowest BCUT2D eigenvalue weighted by Crippen LogP contribution is -2.37. The average molecular weight is 577 g/mol. The number of amidine groups is 1. The van der Waals surface area contributed by atoms with Gasteiger partial charge in [-0.3, -0.25) is 19.7 Å². The molecule has 8 nitrogen and oxygen atoms in total. The molecule has 0 bridgehead atoms. The number of rotatable bonds is 9. The summed E-state index contributed by atoms with van der Waals surface area (Å²) >= 11 is 0.926. The Morgan fingerprint density at radius 2 is 2.05 bits per heavy atom. The fourth-order valence-corrected chi connectivity index (χ4v) is 4.99. The van der Waals surface area contributed by atoms with Crippen molar-refractivity contribution in [3.63, 3.8) is 0 Å². The number of alkyl halides is 5. The van der Waals surface area contributed by atoms with Gasteiger partial charge in [-0.05, 0) is 43.6 Å². The third kappa shape index (κ3) is 7.06. The largest absolute Gasteiger partial charge is 0.490 e. The minimum absolute atomic E-state index is 0.0333. The van der Waals surface area contributed by atoms with Crippen molar-refractivity contribution in [3.8, 4) is 5.75 Å². The van der Waals surface area contributed by atoms with Crippen LogP contribution in [-0.2, 0) is 0 Å². The molecule has 3 heterocycles. The van der Waals surface area contributed by atoms with Crippen molar-refractivity contribution >= 4 is 40.2 Å². The summed E-state index contributed by atoms with van der Waals surface area (Å²) in [5.41, 5.74) is 0.744. The third-order valence-corrected chi connectivity index (χ3v) is 7.23. The fourth-order valence-electron chi connectivity index (χ4n) is 4.19. The van der Waals surface area contributed by atoms with E-state index in [1.54, 1.807) is 11.8 Å². The predicted octanol–water partition coefficient (Wildman–Crippen LogP) is 4.68. The third-order valence-electron chi connectivity index (χ3n) is 6.37. The first kappa shape index (κ1) is 28.8. The lowest BCUT2D eigenvalue weighted by molar-refractivity contribution is -0.144. The highest BCUT2D eigenvalue weighted by atomic mass is 32.1. The number of carbonyl (C=O) groups excluding carboxylic acids is 1. The van der Waals surface area contributed by atoms with Crippen LogP contribution in [0.5, 0.6) is 5.75 Å². The molecule has 4 rings (SSSR count). The summed E-state index contributed by atoms with van der Waals surface area (Å²) in [5.74, 6) is -1.30. The molecule has 2 aliphatic heterocycles. The van der Waals surface area contributed by atoms with Gasteiger partial charge in [0.25, 0.3) is 5.91 Å². The standard InChI is InChI=1S/C24H26F6N6O2S/c1-13-21(23(39-35-13)34-20-10-31-19(9-32-20)24(28,29)30)22(37)33-15-2-3-17(27)18(6-15)38-12-14-4-5-36(11-14)16(7-25)8-26/h2-3,6,10,14,16,19H,4-5,7-9,11-12H2,1H3,(H,32,34)(H,33,37). The molecule has 0 saturated carbocycles. The molecule has 39 heavy (non-hydrogen) atoms. The number of hydrogen-bond donors (Lipinski definition) is 2. The molecular formula is C24H26F6N6O2S. The number of halogens is 6. The van der Waals surface area contributed by atoms with Crippen molar-refractivity contribution < 1.29 is 35.9 Å². The Morgan fingerprint density at radius 1 is 1.28 bits per heavy atom. The highest BCUT2D eigenvalue weighted by Crippen LogP contribution is 2.29. The van der Waals surface area contributed by atoms with Crippen LogP contribution in [0.2, 0.25) is 0 Å². The van der Waals surface area contributed by atoms with Crippen molar-refractivity contribution in [3.05, 3.63) is 35.3 Å². The van der Waals surface area contributed by atoms with Crippen LogP contribution in [0.1, 0.15) is 22.5 Å². The Kier molecular flexibility index (Phi) is 9.10. The second-order valence-electron chi connectivity index (χ2n) is 9.18. The van der Waals surface area contributed by atoms with E-state index in [0.29, 0.717) is 25.2 Å². The predicted molar refractivity (Wildman–Crippen MR) is 136 cm³/mol. The van der Waals surface area contributed by atoms with E-state index in [-0.39, 0.29) is 40.4 Å². The number of nitrogens with zero attached hydrogens (tertiary/aromatic N) is 4. The van der Waals surface area contributed by atoms with Crippen molar-refractivity contribution in [2.24, 2.45) is 15.9 Å². The molecule has 1 fully saturated rings. The number of ether oxygens (including phenoxy) is 1. The molecule has 2 aliphatic rings. The minimum atomic E-state index is -4.50. The second-order valence-corrected chi connectivity index (χ2v) is 9.95. The van der Waals surface area contributed by atoms with Gasteiger partial charge in [-0.1, -0.05) is 0 Å². The highest BCUT2D eigenvalue weighted by molar-refractivity contribution is 7.11. The summed E-state index contributed by atoms with van der Waals surface area (Å²) < 4.78 is 88.5. The van der Waals surface area contributed by atoms with Crippen LogP contribution in [0, 0.1) is 18.7 Å². The van der Waals surface area contributed by atoms with Gasteiger partial charge in [-0.25, -0.2) is 13.2 Å². The van der Waals surface area contributed by atoms with E-state index in [0.717, 1.165) is 23.8 Å². The van der Waals surface area contributed by atoms with Gasteiger partial charge in [0, 0.05) is 24.2 Å². The molecule has 0 spiro atoms. The summed E-state index contributed by atoms with van der Waals surface area (Å²) in [4.78, 5) is 22.1. The highest BCUT2D eigenvalue weighted by Gasteiger charge is 2.40. The van der Waals surface area contributed by atoms with E-state index < -0.39 is 49.9 Å². The molecule has 2 unspecified atom stereocenters. The van der Waals surface area contributed by atoms with Crippen LogP contribution in [0.4, 0.5) is 37.0 Å². The van der Waals surface area contributed by atoms with Crippen molar-refractivity contribution in [1.82, 2.24) is 9.27 Å². The van der Waals surface area contributed by atoms with Crippen molar-refractivity contribution in [1.29, 1.82) is 0 Å². The van der Waals surface area contributed by atoms with Crippen LogP contribution in [0.3, 0.4) is 0 Å². The lowest BCUT2D eigenvalue weighted by atomic mass is 10.1. The number of aliphatic imine (C=N–C) groups is 2. The first-order chi connectivity index (χ1) is 18.6. The fraction of sp³-hybridized carbons (Fsp3) is 0.500. The average Bonchev–Trinajstić information content (AvgIpc) is 3.51. The zero-order valence-corrected chi connectivity index (χ0v) is 21.6. The smallest absolute Gasteiger partial charge is 0.412 e. The summed E-state index contributed by atoms with van der Waals surface area (Å²) in [5, 5.41) is 5.70. The van der Waals surface area contributed by atoms with E-state index in [1.165, 1.54) is 12.1 Å². The molecule has 0 radical (unpaired) electrons. The van der Waals surface area contributed by atoms with Crippen molar-refractivity contribution in [2.45, 2.75) is 31.6 Å². The number of aryl methyl sites for hydroxylation is 1. The van der Waals surface area contributed by atoms with Gasteiger partial charge in [-0.2, -0.15) is 17.5 Å². The first-order valence-electron chi connectivity index (χ1n) is 12.1. The molecule has 1 amide bonds. The summed E-state index contributed by atoms with van der Waals surface area (Å²) in [7, 11) is 0. The van der Waals surface area contributed by atoms with Crippen LogP contribution in [0.15, 0.2) is 28.2 Å². The van der Waals surface area contributed by atoms with Gasteiger partial charge < -0.3 is 15.4 Å². The molecule has 15 heteroatoms. The normalized spacial score (nSPS) is 19.8. The summed E-state index contributed by atoms with van der Waals surface area (Å²) in [6.07, 6.45) is -2.89. The van der Waals surface area contributed by atoms with E-state index in [1.807, 2.05) is 0 Å². The van der Waals surface area contributed by atoms with Crippen LogP contribution in [-0.4, -0.2) is 85.1 Å². The van der Waals surface area contributed by atoms with Gasteiger partial charge in [0.2, 0.25) is 0 Å². The molecule has 1 saturated heterocycles. The maximum atomic E-state index is 14.4. The quantitative estimate of drug-likeness (QED) is 0.424. The zero-order chi connectivity index (χ0) is 28.2. The zero-order valence-electron chi connectivity index (χ0n) is 20.8. The lowest BCUT2D eigenvalue weighted by Gasteiger charge is -2.22. The summed E-state index contributed by atoms with van der Waals surface area (Å²) in [6, 6.07) is 1.11. The monoisotopic (exact) mass is 576 g/mol. The number of hydrogen-bond acceptors (Lipinski definition) is 8. The molecule has 0 aliphatic carbocycles. The van der Waals surface area contributed by atoms with Crippen LogP contribution < -0.4 is 15.4 Å². The molecule has 1 aromatic carbocycles. The van der Waals surface area contributed by atoms with Crippen LogP contribution >= 0.6 is 11.5 Å². The van der Waals surface area contributed by atoms with Gasteiger partial charge in [-0.15, -0.1) is 0 Å². The number of likely N-dealkylation sites (tertiary alicyclic amines) is 1. The Morgan fingerprint density at radius 3 is 2.72 bits per heavy atom. The van der Waals surface area contributed by atoms with Crippen LogP contribution in [0.25, 0.3) is 0 Å². The van der Waals surface area contributed by atoms with Gasteiger partial charge in [0.05, 0.1) is 36.7 Å². The topological polar surface area (TPSA) is 91.2 Å². The Hall–Kier alpha value is -3.20. The minimum Gasteiger partial charge on any atom is -0.490 e. The first-order valence-corrected chi connectivity index (χ1v) is 12.8. The van der Waals surface area contributed by atoms with E-state index in [4.69, 9.17) is 4.74 Å². The van der Waals surface area contributed by atoms with E-state index >= 15 is 0 Å². The number of carbonyl (C=O) groups is 1. The maximum absolute atomic E-state index is 14.4. The maximum Gasteiger partial charge on any atom is 0.412 e. The number of benzene rings is 1.